The molecule has 0 heterocycles. The molecule has 0 radical (unpaired) electrons. The molecule has 136 valence electrons. The molecule has 0 unspecified atom stereocenters. The van der Waals surface area contributed by atoms with Crippen molar-refractivity contribution in [1.29, 1.82) is 0 Å². The normalized spacial score (nSPS) is 11.1. The van der Waals surface area contributed by atoms with Crippen LogP contribution in [-0.2, 0) is 16.1 Å². The van der Waals surface area contributed by atoms with E-state index in [2.05, 4.69) is 5.16 Å². The molecule has 8 heteroatoms. The standard InChI is InChI=1S/C18H19N3O5/c1-12-4-3-5-16(13(12)2)25-11-18(22)26-20-17(19)10-14-6-8-15(9-7-14)21(23)24/h3-9H,10-11H2,1-2H3,(H2,19,20). The molecule has 2 aromatic rings. The van der Waals surface area contributed by atoms with Gasteiger partial charge in [-0.1, -0.05) is 29.4 Å². The fourth-order valence-corrected chi connectivity index (χ4v) is 2.13. The maximum Gasteiger partial charge on any atom is 0.372 e. The minimum Gasteiger partial charge on any atom is -0.482 e. The average Bonchev–Trinajstić information content (AvgIpc) is 2.61. The van der Waals surface area contributed by atoms with Crippen molar-refractivity contribution in [3.63, 3.8) is 0 Å². The Morgan fingerprint density at radius 1 is 1.19 bits per heavy atom. The number of nitro groups is 1. The molecule has 0 spiro atoms. The van der Waals surface area contributed by atoms with E-state index in [0.29, 0.717) is 11.3 Å². The molecular weight excluding hydrogens is 338 g/mol. The van der Waals surface area contributed by atoms with Crippen LogP contribution in [0.2, 0.25) is 0 Å². The van der Waals surface area contributed by atoms with Crippen molar-refractivity contribution in [2.75, 3.05) is 6.61 Å². The van der Waals surface area contributed by atoms with Crippen LogP contribution in [0.1, 0.15) is 16.7 Å². The summed E-state index contributed by atoms with van der Waals surface area (Å²) in [6, 6.07) is 11.4. The zero-order chi connectivity index (χ0) is 19.1. The molecule has 0 saturated heterocycles. The van der Waals surface area contributed by atoms with Gasteiger partial charge in [0.2, 0.25) is 0 Å². The van der Waals surface area contributed by atoms with Crippen LogP contribution in [0.3, 0.4) is 0 Å². The van der Waals surface area contributed by atoms with Crippen molar-refractivity contribution < 1.29 is 19.3 Å². The molecule has 8 nitrogen and oxygen atoms in total. The average molecular weight is 357 g/mol. The number of nitrogens with zero attached hydrogens (tertiary/aromatic N) is 2. The van der Waals surface area contributed by atoms with Gasteiger partial charge in [0.15, 0.2) is 6.61 Å². The SMILES string of the molecule is Cc1cccc(OCC(=O)ON=C(N)Cc2ccc([N+](=O)[O-])cc2)c1C. The summed E-state index contributed by atoms with van der Waals surface area (Å²) in [5.41, 5.74) is 8.40. The molecule has 26 heavy (non-hydrogen) atoms. The minimum atomic E-state index is -0.683. The second kappa shape index (κ2) is 8.61. The lowest BCUT2D eigenvalue weighted by molar-refractivity contribution is -0.384. The molecule has 0 fully saturated rings. The monoisotopic (exact) mass is 357 g/mol. The Morgan fingerprint density at radius 3 is 2.54 bits per heavy atom. The first-order chi connectivity index (χ1) is 12.4. The number of amidine groups is 1. The highest BCUT2D eigenvalue weighted by molar-refractivity contribution is 5.83. The molecule has 0 aromatic heterocycles. The Balaban J connectivity index is 1.84. The zero-order valence-electron chi connectivity index (χ0n) is 14.5. The number of carbonyl (C=O) groups excluding carboxylic acids is 1. The first kappa shape index (κ1) is 18.9. The van der Waals surface area contributed by atoms with E-state index in [-0.39, 0.29) is 24.6 Å². The number of hydrogen-bond donors (Lipinski definition) is 1. The number of hydrogen-bond acceptors (Lipinski definition) is 6. The van der Waals surface area contributed by atoms with Crippen molar-refractivity contribution in [1.82, 2.24) is 0 Å². The third-order valence-corrected chi connectivity index (χ3v) is 3.70. The number of carbonyl (C=O) groups is 1. The summed E-state index contributed by atoms with van der Waals surface area (Å²) in [7, 11) is 0. The fourth-order valence-electron chi connectivity index (χ4n) is 2.13. The van der Waals surface area contributed by atoms with Gasteiger partial charge in [0.1, 0.15) is 11.6 Å². The van der Waals surface area contributed by atoms with E-state index in [1.807, 2.05) is 26.0 Å². The second-order valence-corrected chi connectivity index (χ2v) is 5.63. The number of ether oxygens (including phenoxy) is 1. The summed E-state index contributed by atoms with van der Waals surface area (Å²) in [6.07, 6.45) is 0.198. The van der Waals surface area contributed by atoms with Gasteiger partial charge in [0.25, 0.3) is 5.69 Å². The van der Waals surface area contributed by atoms with Crippen molar-refractivity contribution in [3.8, 4) is 5.75 Å². The minimum absolute atomic E-state index is 0.0146. The Bertz CT molecular complexity index is 831. The smallest absolute Gasteiger partial charge is 0.372 e. The van der Waals surface area contributed by atoms with Gasteiger partial charge in [-0.15, -0.1) is 0 Å². The number of non-ortho nitro benzene ring substituents is 1. The maximum atomic E-state index is 11.7. The van der Waals surface area contributed by atoms with Crippen molar-refractivity contribution in [2.24, 2.45) is 10.9 Å². The van der Waals surface area contributed by atoms with Crippen LogP contribution >= 0.6 is 0 Å². The summed E-state index contributed by atoms with van der Waals surface area (Å²) in [6.45, 7) is 3.55. The van der Waals surface area contributed by atoms with E-state index in [9.17, 15) is 14.9 Å². The predicted molar refractivity (Wildman–Crippen MR) is 95.9 cm³/mol. The number of nitro benzene ring substituents is 1. The van der Waals surface area contributed by atoms with E-state index in [1.165, 1.54) is 12.1 Å². The number of benzene rings is 2. The number of oxime groups is 1. The van der Waals surface area contributed by atoms with Crippen LogP contribution in [0.5, 0.6) is 5.75 Å². The van der Waals surface area contributed by atoms with Gasteiger partial charge < -0.3 is 15.3 Å². The van der Waals surface area contributed by atoms with E-state index in [0.717, 1.165) is 11.1 Å². The summed E-state index contributed by atoms with van der Waals surface area (Å²) in [4.78, 5) is 26.5. The van der Waals surface area contributed by atoms with Crippen LogP contribution in [0, 0.1) is 24.0 Å². The van der Waals surface area contributed by atoms with Gasteiger partial charge in [0.05, 0.1) is 4.92 Å². The van der Waals surface area contributed by atoms with Gasteiger partial charge in [-0.2, -0.15) is 0 Å². The van der Waals surface area contributed by atoms with Gasteiger partial charge in [-0.3, -0.25) is 10.1 Å². The molecular formula is C18H19N3O5. The molecule has 2 rings (SSSR count). The molecule has 2 N–H and O–H groups in total. The van der Waals surface area contributed by atoms with Crippen LogP contribution in [0.4, 0.5) is 5.69 Å². The van der Waals surface area contributed by atoms with Crippen molar-refractivity contribution in [3.05, 3.63) is 69.3 Å². The third-order valence-electron chi connectivity index (χ3n) is 3.70. The van der Waals surface area contributed by atoms with E-state index in [4.69, 9.17) is 15.3 Å². The lowest BCUT2D eigenvalue weighted by Gasteiger charge is -2.09. The van der Waals surface area contributed by atoms with E-state index >= 15 is 0 Å². The Kier molecular flexibility index (Phi) is 6.26. The number of aryl methyl sites for hydroxylation is 1. The van der Waals surface area contributed by atoms with Crippen LogP contribution in [0.25, 0.3) is 0 Å². The van der Waals surface area contributed by atoms with E-state index < -0.39 is 10.9 Å². The molecule has 0 bridgehead atoms. The molecule has 0 aliphatic carbocycles. The highest BCUT2D eigenvalue weighted by atomic mass is 16.7. The molecule has 0 atom stereocenters. The van der Waals surface area contributed by atoms with Crippen LogP contribution in [0.15, 0.2) is 47.6 Å². The Labute approximate surface area is 150 Å². The molecule has 0 aliphatic heterocycles. The van der Waals surface area contributed by atoms with Gasteiger partial charge in [-0.05, 0) is 36.6 Å². The zero-order valence-corrected chi connectivity index (χ0v) is 14.5. The topological polar surface area (TPSA) is 117 Å². The number of rotatable bonds is 7. The van der Waals surface area contributed by atoms with Gasteiger partial charge >= 0.3 is 5.97 Å². The Hall–Kier alpha value is -3.42. The number of nitrogens with two attached hydrogens (primary N) is 1. The molecule has 0 aliphatic rings. The summed E-state index contributed by atoms with van der Waals surface area (Å²) in [5.74, 6) is -0.0127. The van der Waals surface area contributed by atoms with Crippen molar-refractivity contribution >= 4 is 17.5 Å². The van der Waals surface area contributed by atoms with Crippen molar-refractivity contribution in [2.45, 2.75) is 20.3 Å². The summed E-state index contributed by atoms with van der Waals surface area (Å²) < 4.78 is 5.42. The van der Waals surface area contributed by atoms with E-state index in [1.54, 1.807) is 18.2 Å². The predicted octanol–water partition coefficient (Wildman–Crippen LogP) is 2.65. The lowest BCUT2D eigenvalue weighted by atomic mass is 10.1. The lowest BCUT2D eigenvalue weighted by Crippen LogP contribution is -2.19. The highest BCUT2D eigenvalue weighted by Gasteiger charge is 2.09. The fraction of sp³-hybridized carbons (Fsp3) is 0.222. The first-order valence-electron chi connectivity index (χ1n) is 7.81. The Morgan fingerprint density at radius 2 is 1.88 bits per heavy atom. The van der Waals surface area contributed by atoms with Gasteiger partial charge in [0, 0.05) is 18.6 Å². The van der Waals surface area contributed by atoms with Crippen LogP contribution in [-0.4, -0.2) is 23.3 Å². The molecule has 0 amide bonds. The third kappa shape index (κ3) is 5.30. The first-order valence-corrected chi connectivity index (χ1v) is 7.81. The summed E-state index contributed by atoms with van der Waals surface area (Å²) in [5, 5.41) is 14.2. The molecule has 2 aromatic carbocycles. The highest BCUT2D eigenvalue weighted by Crippen LogP contribution is 2.20. The quantitative estimate of drug-likeness (QED) is 0.268. The summed E-state index contributed by atoms with van der Waals surface area (Å²) >= 11 is 0. The van der Waals surface area contributed by atoms with Gasteiger partial charge in [-0.25, -0.2) is 4.79 Å². The largest absolute Gasteiger partial charge is 0.482 e. The van der Waals surface area contributed by atoms with Crippen LogP contribution < -0.4 is 10.5 Å². The molecule has 0 saturated carbocycles. The maximum absolute atomic E-state index is 11.7. The second-order valence-electron chi connectivity index (χ2n) is 5.63.